The summed E-state index contributed by atoms with van der Waals surface area (Å²) in [5.41, 5.74) is 7.44. The number of thioether (sulfide) groups is 2. The molecule has 5 rings (SSSR count). The minimum absolute atomic E-state index is 0.0397. The molecule has 210 valence electrons. The number of carboxylic acid groups (broad SMARTS) is 1. The third-order valence-electron chi connectivity index (χ3n) is 6.71. The molecule has 2 amide bonds. The number of fused-ring (bicyclic) bond motifs is 2. The summed E-state index contributed by atoms with van der Waals surface area (Å²) < 4.78 is 1.95. The van der Waals surface area contributed by atoms with E-state index in [2.05, 4.69) is 27.7 Å². The van der Waals surface area contributed by atoms with E-state index in [0.29, 0.717) is 23.2 Å². The quantitative estimate of drug-likeness (QED) is 0.140. The first-order valence-corrected chi connectivity index (χ1v) is 14.7. The molecule has 1 fully saturated rings. The number of carbonyl (C=O) groups is 3. The Labute approximate surface area is 239 Å². The number of nitrogens with two attached hydrogens (primary N) is 1. The first kappa shape index (κ1) is 27.8. The number of unbranched alkanes of at least 4 members (excludes halogenated alkanes) is 1. The second-order valence-corrected chi connectivity index (χ2v) is 11.8. The average molecular weight is 585 g/mol. The maximum atomic E-state index is 13.2. The van der Waals surface area contributed by atoms with Crippen molar-refractivity contribution in [2.75, 3.05) is 23.9 Å². The lowest BCUT2D eigenvalue weighted by Crippen LogP contribution is -2.71. The van der Waals surface area contributed by atoms with Crippen LogP contribution in [0.15, 0.2) is 58.0 Å². The minimum atomic E-state index is -1.18. The molecule has 3 aliphatic heterocycles. The molecule has 2 aromatic heterocycles. The number of amides is 2. The van der Waals surface area contributed by atoms with Crippen molar-refractivity contribution in [1.82, 2.24) is 15.2 Å². The molecule has 0 saturated carbocycles. The predicted molar refractivity (Wildman–Crippen MR) is 151 cm³/mol. The number of oxime groups is 1. The van der Waals surface area contributed by atoms with Crippen LogP contribution >= 0.6 is 23.5 Å². The number of β-lactam (4-membered cyclic amide) rings is 1. The molecule has 5 N–H and O–H groups in total. The highest BCUT2D eigenvalue weighted by Gasteiger charge is 2.54. The highest BCUT2D eigenvalue weighted by molar-refractivity contribution is 8.00. The number of nitrogens with one attached hydrogen (secondary N) is 2. The van der Waals surface area contributed by atoms with Gasteiger partial charge >= 0.3 is 5.97 Å². The molecule has 0 spiro atoms. The number of carbonyl (C=O) groups excluding carboxylic acids is 2. The van der Waals surface area contributed by atoms with E-state index < -0.39 is 29.2 Å². The molecule has 14 heteroatoms. The Hall–Kier alpha value is -3.78. The third kappa shape index (κ3) is 5.45. The Morgan fingerprint density at radius 3 is 2.92 bits per heavy atom. The largest absolute Gasteiger partial charge is 0.477 e. The first-order chi connectivity index (χ1) is 19.3. The van der Waals surface area contributed by atoms with Crippen LogP contribution in [0.2, 0.25) is 0 Å². The molecule has 3 aliphatic rings. The van der Waals surface area contributed by atoms with Crippen LogP contribution in [0, 0.1) is 0 Å². The fourth-order valence-electron chi connectivity index (χ4n) is 4.82. The van der Waals surface area contributed by atoms with Crippen molar-refractivity contribution in [3.8, 4) is 0 Å². The Bertz CT molecular complexity index is 1420. The van der Waals surface area contributed by atoms with E-state index in [9.17, 15) is 19.5 Å². The van der Waals surface area contributed by atoms with Gasteiger partial charge in [-0.1, -0.05) is 42.7 Å². The predicted octanol–water partition coefficient (Wildman–Crippen LogP) is 1.77. The fourth-order valence-corrected chi connectivity index (χ4v) is 7.38. The van der Waals surface area contributed by atoms with Gasteiger partial charge < -0.3 is 26.3 Å². The van der Waals surface area contributed by atoms with Gasteiger partial charge in [-0.05, 0) is 18.6 Å². The Kier molecular flexibility index (Phi) is 8.17. The molecule has 0 radical (unpaired) electrons. The van der Waals surface area contributed by atoms with Crippen LogP contribution in [0.25, 0.3) is 0 Å². The second kappa shape index (κ2) is 11.8. The molecule has 2 aromatic rings. The molecule has 12 nitrogen and oxygen atoms in total. The molecule has 40 heavy (non-hydrogen) atoms. The number of hydrogen-bond donors (Lipinski definition) is 4. The SMILES string of the molecule is CCCCC1Nc2cc[n+](CC3=C(C(=O)O)N4C(=O)C(NC(=O)C(=NOC)c5cccc(N)n5)[C@H]4SC3)cc2S1. The van der Waals surface area contributed by atoms with Crippen LogP contribution in [0.3, 0.4) is 0 Å². The number of nitrogens with zero attached hydrogens (tertiary/aromatic N) is 4. The summed E-state index contributed by atoms with van der Waals surface area (Å²) in [5, 5.41) is 19.8. The van der Waals surface area contributed by atoms with Crippen molar-refractivity contribution in [1.29, 1.82) is 0 Å². The van der Waals surface area contributed by atoms with Crippen molar-refractivity contribution in [3.05, 3.63) is 53.6 Å². The van der Waals surface area contributed by atoms with Gasteiger partial charge in [0.2, 0.25) is 0 Å². The summed E-state index contributed by atoms with van der Waals surface area (Å²) in [6.45, 7) is 2.51. The summed E-state index contributed by atoms with van der Waals surface area (Å²) in [7, 11) is 1.29. The summed E-state index contributed by atoms with van der Waals surface area (Å²) in [6, 6.07) is 5.81. The molecule has 0 aromatic carbocycles. The van der Waals surface area contributed by atoms with Crippen molar-refractivity contribution in [2.24, 2.45) is 5.16 Å². The van der Waals surface area contributed by atoms with Crippen molar-refractivity contribution in [3.63, 3.8) is 0 Å². The second-order valence-electron chi connectivity index (χ2n) is 9.48. The van der Waals surface area contributed by atoms with Crippen LogP contribution in [0.4, 0.5) is 11.5 Å². The van der Waals surface area contributed by atoms with Crippen LogP contribution in [-0.2, 0) is 25.8 Å². The zero-order valence-electron chi connectivity index (χ0n) is 22.0. The van der Waals surface area contributed by atoms with Gasteiger partial charge in [0.1, 0.15) is 35.7 Å². The number of rotatable bonds is 10. The number of pyridine rings is 2. The van der Waals surface area contributed by atoms with Gasteiger partial charge in [0.05, 0.1) is 16.0 Å². The van der Waals surface area contributed by atoms with E-state index in [1.807, 2.05) is 23.0 Å². The lowest BCUT2D eigenvalue weighted by atomic mass is 10.0. The van der Waals surface area contributed by atoms with Crippen molar-refractivity contribution < 1.29 is 28.9 Å². The zero-order chi connectivity index (χ0) is 28.4. The van der Waals surface area contributed by atoms with Gasteiger partial charge in [0.25, 0.3) is 11.8 Å². The number of nitrogen functional groups attached to an aromatic ring is 1. The molecule has 3 atom stereocenters. The number of aliphatic carboxylic acids is 1. The summed E-state index contributed by atoms with van der Waals surface area (Å²) in [4.78, 5) is 49.8. The van der Waals surface area contributed by atoms with Gasteiger partial charge in [-0.2, -0.15) is 4.57 Å². The summed E-state index contributed by atoms with van der Waals surface area (Å²) in [6.07, 6.45) is 7.30. The normalized spacial score (nSPS) is 21.8. The Morgan fingerprint density at radius 2 is 2.20 bits per heavy atom. The maximum Gasteiger partial charge on any atom is 0.352 e. The number of carboxylic acids is 1. The van der Waals surface area contributed by atoms with E-state index in [4.69, 9.17) is 10.6 Å². The molecule has 0 aliphatic carbocycles. The number of hydrogen-bond acceptors (Lipinski definition) is 10. The van der Waals surface area contributed by atoms with Gasteiger partial charge in [-0.3, -0.25) is 14.5 Å². The van der Waals surface area contributed by atoms with E-state index >= 15 is 0 Å². The van der Waals surface area contributed by atoms with E-state index in [-0.39, 0.29) is 22.9 Å². The highest BCUT2D eigenvalue weighted by Crippen LogP contribution is 2.41. The van der Waals surface area contributed by atoms with Crippen LogP contribution in [0.5, 0.6) is 0 Å². The lowest BCUT2D eigenvalue weighted by molar-refractivity contribution is -0.690. The minimum Gasteiger partial charge on any atom is -0.477 e. The number of aromatic nitrogens is 2. The molecule has 2 unspecified atom stereocenters. The lowest BCUT2D eigenvalue weighted by Gasteiger charge is -2.49. The van der Waals surface area contributed by atoms with E-state index in [1.54, 1.807) is 30.0 Å². The van der Waals surface area contributed by atoms with Crippen LogP contribution in [-0.4, -0.2) is 68.1 Å². The van der Waals surface area contributed by atoms with Crippen LogP contribution < -0.4 is 20.9 Å². The fraction of sp³-hybridized carbons (Fsp3) is 0.385. The van der Waals surface area contributed by atoms with Gasteiger partial charge in [-0.25, -0.2) is 9.78 Å². The Balaban J connectivity index is 1.30. The standard InChI is InChI=1S/C26H29N7O5S2/c1-3-4-8-19-29-15-9-10-32(12-17(15)40-19)11-14-13-39-25-21(24(35)33(25)22(14)26(36)37)30-23(34)20(31-38-2)16-6-5-7-18(27)28-16/h5-7,9-10,12,19,21,25H,3-4,8,11,13H2,1-2H3,(H4,27,28,30,34,36,37)/p+1/t19?,21?,25-/m1/s1. The summed E-state index contributed by atoms with van der Waals surface area (Å²) in [5.74, 6) is -1.77. The van der Waals surface area contributed by atoms with Crippen molar-refractivity contribution in [2.45, 2.75) is 54.4 Å². The molecule has 5 heterocycles. The molecule has 1 saturated heterocycles. The van der Waals surface area contributed by atoms with Gasteiger partial charge in [0, 0.05) is 17.4 Å². The summed E-state index contributed by atoms with van der Waals surface area (Å²) >= 11 is 3.18. The highest BCUT2D eigenvalue weighted by atomic mass is 32.2. The Morgan fingerprint density at radius 1 is 1.38 bits per heavy atom. The first-order valence-electron chi connectivity index (χ1n) is 12.8. The molecular formula is C26H30N7O5S2+. The van der Waals surface area contributed by atoms with E-state index in [0.717, 1.165) is 29.8 Å². The van der Waals surface area contributed by atoms with E-state index in [1.165, 1.54) is 23.8 Å². The molecular weight excluding hydrogens is 554 g/mol. The monoisotopic (exact) mass is 584 g/mol. The average Bonchev–Trinajstić information content (AvgIpc) is 3.35. The maximum absolute atomic E-state index is 13.2. The van der Waals surface area contributed by atoms with Gasteiger partial charge in [0.15, 0.2) is 24.7 Å². The van der Waals surface area contributed by atoms with Crippen molar-refractivity contribution >= 4 is 58.5 Å². The third-order valence-corrected chi connectivity index (χ3v) is 9.26. The van der Waals surface area contributed by atoms with Crippen LogP contribution in [0.1, 0.15) is 31.9 Å². The smallest absolute Gasteiger partial charge is 0.352 e. The zero-order valence-corrected chi connectivity index (χ0v) is 23.6. The van der Waals surface area contributed by atoms with Gasteiger partial charge in [-0.15, -0.1) is 11.8 Å². The topological polar surface area (TPSA) is 163 Å². The molecule has 0 bridgehead atoms. The number of anilines is 2.